The number of benzene rings is 1. The van der Waals surface area contributed by atoms with E-state index in [1.54, 1.807) is 30.7 Å². The van der Waals surface area contributed by atoms with Gasteiger partial charge in [-0.3, -0.25) is 0 Å². The van der Waals surface area contributed by atoms with E-state index in [0.29, 0.717) is 18.1 Å². The normalized spacial score (nSPS) is 23.6. The molecule has 0 amide bonds. The molecule has 1 saturated heterocycles. The largest absolute Gasteiger partial charge is 0.383 e. The minimum absolute atomic E-state index is 0.124. The second-order valence-corrected chi connectivity index (χ2v) is 7.29. The maximum absolute atomic E-state index is 12.9. The fourth-order valence-electron chi connectivity index (χ4n) is 2.86. The van der Waals surface area contributed by atoms with Gasteiger partial charge in [0.1, 0.15) is 0 Å². The molecule has 118 valence electrons. The van der Waals surface area contributed by atoms with Gasteiger partial charge in [0.25, 0.3) is 0 Å². The van der Waals surface area contributed by atoms with Gasteiger partial charge in [-0.05, 0) is 31.9 Å². The molecule has 6 heteroatoms. The number of hydrogen-bond donors (Lipinski definition) is 0. The summed E-state index contributed by atoms with van der Waals surface area (Å²) in [6, 6.07) is 6.72. The molecule has 0 unspecified atom stereocenters. The van der Waals surface area contributed by atoms with Crippen LogP contribution in [-0.2, 0) is 19.5 Å². The minimum Gasteiger partial charge on any atom is -0.383 e. The van der Waals surface area contributed by atoms with Crippen molar-refractivity contribution in [3.8, 4) is 0 Å². The second-order valence-electron chi connectivity index (χ2n) is 5.44. The third-order valence-corrected chi connectivity index (χ3v) is 5.89. The monoisotopic (exact) mass is 313 g/mol. The third-order valence-electron chi connectivity index (χ3n) is 3.87. The average Bonchev–Trinajstić information content (AvgIpc) is 2.84. The highest BCUT2D eigenvalue weighted by molar-refractivity contribution is 7.89. The molecule has 1 heterocycles. The van der Waals surface area contributed by atoms with Crippen LogP contribution in [0.5, 0.6) is 0 Å². The van der Waals surface area contributed by atoms with E-state index < -0.39 is 10.0 Å². The molecule has 0 radical (unpaired) electrons. The number of rotatable bonds is 6. The Labute approximate surface area is 126 Å². The van der Waals surface area contributed by atoms with E-state index in [1.807, 2.05) is 19.1 Å². The quantitative estimate of drug-likeness (QED) is 0.804. The Morgan fingerprint density at radius 3 is 1.95 bits per heavy atom. The van der Waals surface area contributed by atoms with Crippen molar-refractivity contribution >= 4 is 10.0 Å². The molecule has 2 rings (SSSR count). The lowest BCUT2D eigenvalue weighted by molar-refractivity contribution is 0.110. The van der Waals surface area contributed by atoms with Crippen LogP contribution in [0.25, 0.3) is 0 Å². The molecular weight excluding hydrogens is 290 g/mol. The van der Waals surface area contributed by atoms with Crippen molar-refractivity contribution in [1.29, 1.82) is 0 Å². The zero-order valence-electron chi connectivity index (χ0n) is 12.8. The predicted octanol–water partition coefficient (Wildman–Crippen LogP) is 1.81. The Balaban J connectivity index is 2.34. The molecule has 0 saturated carbocycles. The van der Waals surface area contributed by atoms with E-state index in [0.717, 1.165) is 18.4 Å². The first-order chi connectivity index (χ1) is 10.0. The van der Waals surface area contributed by atoms with Crippen molar-refractivity contribution in [2.24, 2.45) is 0 Å². The van der Waals surface area contributed by atoms with Gasteiger partial charge in [-0.1, -0.05) is 17.7 Å². The Morgan fingerprint density at radius 2 is 1.52 bits per heavy atom. The van der Waals surface area contributed by atoms with Gasteiger partial charge in [0.2, 0.25) is 10.0 Å². The van der Waals surface area contributed by atoms with Crippen LogP contribution in [0.2, 0.25) is 0 Å². The van der Waals surface area contributed by atoms with Gasteiger partial charge in [-0.15, -0.1) is 0 Å². The van der Waals surface area contributed by atoms with Gasteiger partial charge in [0.05, 0.1) is 18.1 Å². The fourth-order valence-corrected chi connectivity index (χ4v) is 4.70. The Kier molecular flexibility index (Phi) is 5.37. The molecule has 0 N–H and O–H groups in total. The van der Waals surface area contributed by atoms with E-state index in [2.05, 4.69) is 0 Å². The second kappa shape index (κ2) is 6.87. The van der Waals surface area contributed by atoms with Crippen molar-refractivity contribution < 1.29 is 17.9 Å². The lowest BCUT2D eigenvalue weighted by Gasteiger charge is -2.28. The Bertz CT molecular complexity index is 542. The summed E-state index contributed by atoms with van der Waals surface area (Å²) in [4.78, 5) is 0.331. The summed E-state index contributed by atoms with van der Waals surface area (Å²) < 4.78 is 37.8. The SMILES string of the molecule is COC[C@H]1CC[C@@H](COC)N1S(=O)(=O)c1ccc(C)cc1. The van der Waals surface area contributed by atoms with Gasteiger partial charge in [-0.25, -0.2) is 8.42 Å². The molecule has 1 aliphatic rings. The maximum atomic E-state index is 12.9. The van der Waals surface area contributed by atoms with Crippen LogP contribution in [0, 0.1) is 6.92 Å². The zero-order valence-corrected chi connectivity index (χ0v) is 13.6. The van der Waals surface area contributed by atoms with Gasteiger partial charge in [0, 0.05) is 26.3 Å². The number of methoxy groups -OCH3 is 2. The number of sulfonamides is 1. The maximum Gasteiger partial charge on any atom is 0.243 e. The number of hydrogen-bond acceptors (Lipinski definition) is 4. The third kappa shape index (κ3) is 3.45. The molecule has 0 spiro atoms. The van der Waals surface area contributed by atoms with Gasteiger partial charge in [-0.2, -0.15) is 4.31 Å². The van der Waals surface area contributed by atoms with E-state index in [1.165, 1.54) is 0 Å². The average molecular weight is 313 g/mol. The molecule has 2 atom stereocenters. The summed E-state index contributed by atoms with van der Waals surface area (Å²) in [6.45, 7) is 2.75. The minimum atomic E-state index is -3.52. The van der Waals surface area contributed by atoms with E-state index in [-0.39, 0.29) is 12.1 Å². The van der Waals surface area contributed by atoms with Crippen LogP contribution in [0.3, 0.4) is 0 Å². The molecule has 0 bridgehead atoms. The van der Waals surface area contributed by atoms with Gasteiger partial charge >= 0.3 is 0 Å². The highest BCUT2D eigenvalue weighted by Gasteiger charge is 2.42. The van der Waals surface area contributed by atoms with Gasteiger partial charge < -0.3 is 9.47 Å². The van der Waals surface area contributed by atoms with Crippen molar-refractivity contribution in [1.82, 2.24) is 4.31 Å². The van der Waals surface area contributed by atoms with E-state index >= 15 is 0 Å². The summed E-state index contributed by atoms with van der Waals surface area (Å²) in [5.74, 6) is 0. The Morgan fingerprint density at radius 1 is 1.05 bits per heavy atom. The van der Waals surface area contributed by atoms with Crippen molar-refractivity contribution in [2.45, 2.75) is 36.7 Å². The fraction of sp³-hybridized carbons (Fsp3) is 0.600. The van der Waals surface area contributed by atoms with Crippen molar-refractivity contribution in [3.05, 3.63) is 29.8 Å². The molecule has 5 nitrogen and oxygen atoms in total. The lowest BCUT2D eigenvalue weighted by atomic mass is 10.2. The molecule has 1 aliphatic heterocycles. The van der Waals surface area contributed by atoms with Crippen LogP contribution >= 0.6 is 0 Å². The van der Waals surface area contributed by atoms with Crippen LogP contribution in [0.15, 0.2) is 29.2 Å². The Hall–Kier alpha value is -0.950. The van der Waals surface area contributed by atoms with Crippen molar-refractivity contribution in [3.63, 3.8) is 0 Å². The van der Waals surface area contributed by atoms with Gasteiger partial charge in [0.15, 0.2) is 0 Å². The van der Waals surface area contributed by atoms with Crippen LogP contribution in [0.4, 0.5) is 0 Å². The molecule has 0 aromatic heterocycles. The summed E-state index contributed by atoms with van der Waals surface area (Å²) >= 11 is 0. The van der Waals surface area contributed by atoms with Crippen LogP contribution < -0.4 is 0 Å². The smallest absolute Gasteiger partial charge is 0.243 e. The standard InChI is InChI=1S/C15H23NO4S/c1-12-4-8-15(9-5-12)21(17,18)16-13(10-19-2)6-7-14(16)11-20-3/h4-5,8-9,13-14H,6-7,10-11H2,1-3H3/t13-,14+. The predicted molar refractivity (Wildman–Crippen MR) is 80.8 cm³/mol. The molecular formula is C15H23NO4S. The molecule has 0 aliphatic carbocycles. The summed E-state index contributed by atoms with van der Waals surface area (Å²) in [5.41, 5.74) is 1.04. The summed E-state index contributed by atoms with van der Waals surface area (Å²) in [6.07, 6.45) is 1.60. The number of ether oxygens (including phenoxy) is 2. The first-order valence-corrected chi connectivity index (χ1v) is 8.52. The summed E-state index contributed by atoms with van der Waals surface area (Å²) in [7, 11) is -0.330. The lowest BCUT2D eigenvalue weighted by Crippen LogP contribution is -2.44. The molecule has 1 aromatic rings. The summed E-state index contributed by atoms with van der Waals surface area (Å²) in [5, 5.41) is 0. The molecule has 1 aromatic carbocycles. The zero-order chi connectivity index (χ0) is 15.5. The highest BCUT2D eigenvalue weighted by atomic mass is 32.2. The topological polar surface area (TPSA) is 55.8 Å². The first kappa shape index (κ1) is 16.4. The van der Waals surface area contributed by atoms with Crippen LogP contribution in [-0.4, -0.2) is 52.2 Å². The molecule has 1 fully saturated rings. The highest BCUT2D eigenvalue weighted by Crippen LogP contribution is 2.31. The first-order valence-electron chi connectivity index (χ1n) is 7.08. The van der Waals surface area contributed by atoms with Crippen LogP contribution in [0.1, 0.15) is 18.4 Å². The van der Waals surface area contributed by atoms with E-state index in [9.17, 15) is 8.42 Å². The molecule has 21 heavy (non-hydrogen) atoms. The van der Waals surface area contributed by atoms with E-state index in [4.69, 9.17) is 9.47 Å². The number of aryl methyl sites for hydroxylation is 1. The van der Waals surface area contributed by atoms with Crippen molar-refractivity contribution in [2.75, 3.05) is 27.4 Å². The number of nitrogens with zero attached hydrogens (tertiary/aromatic N) is 1.